The highest BCUT2D eigenvalue weighted by Gasteiger charge is 2.13. The fraction of sp³-hybridized carbons (Fsp3) is 0.500. The lowest BCUT2D eigenvalue weighted by Gasteiger charge is -2.10. The van der Waals surface area contributed by atoms with E-state index in [-0.39, 0.29) is 0 Å². The highest BCUT2D eigenvalue weighted by atomic mass is 32.2. The second kappa shape index (κ2) is 6.01. The van der Waals surface area contributed by atoms with Gasteiger partial charge in [0.25, 0.3) is 5.22 Å². The van der Waals surface area contributed by atoms with Crippen LogP contribution in [-0.2, 0) is 0 Å². The summed E-state index contributed by atoms with van der Waals surface area (Å²) in [5, 5.41) is 12.4. The van der Waals surface area contributed by atoms with E-state index in [0.29, 0.717) is 11.1 Å². The SMILES string of the molecule is CCCNc1nc(C)nc(Sc2nnc(C)o2)c1C. The normalized spacial score (nSPS) is 10.7. The van der Waals surface area contributed by atoms with Crippen LogP contribution < -0.4 is 5.32 Å². The van der Waals surface area contributed by atoms with E-state index in [1.807, 2.05) is 13.8 Å². The Balaban J connectivity index is 2.26. The van der Waals surface area contributed by atoms with Crippen molar-refractivity contribution in [2.45, 2.75) is 44.4 Å². The van der Waals surface area contributed by atoms with Gasteiger partial charge in [0.1, 0.15) is 16.7 Å². The van der Waals surface area contributed by atoms with Gasteiger partial charge < -0.3 is 9.73 Å². The molecule has 102 valence electrons. The van der Waals surface area contributed by atoms with Crippen LogP contribution in [0.25, 0.3) is 0 Å². The summed E-state index contributed by atoms with van der Waals surface area (Å²) >= 11 is 1.37. The number of nitrogens with zero attached hydrogens (tertiary/aromatic N) is 4. The van der Waals surface area contributed by atoms with E-state index >= 15 is 0 Å². The minimum Gasteiger partial charge on any atom is -0.416 e. The van der Waals surface area contributed by atoms with Crippen molar-refractivity contribution in [1.82, 2.24) is 20.2 Å². The molecule has 0 bridgehead atoms. The lowest BCUT2D eigenvalue weighted by atomic mass is 10.3. The molecular formula is C12H17N5OS. The molecule has 1 N–H and O–H groups in total. The average molecular weight is 279 g/mol. The maximum atomic E-state index is 5.36. The van der Waals surface area contributed by atoms with Crippen LogP contribution in [0.15, 0.2) is 14.7 Å². The van der Waals surface area contributed by atoms with Crippen LogP contribution in [-0.4, -0.2) is 26.7 Å². The van der Waals surface area contributed by atoms with E-state index in [9.17, 15) is 0 Å². The van der Waals surface area contributed by atoms with Crippen LogP contribution in [0.2, 0.25) is 0 Å². The van der Waals surface area contributed by atoms with Gasteiger partial charge in [-0.05, 0) is 32.0 Å². The molecule has 0 spiro atoms. The third kappa shape index (κ3) is 3.44. The number of hydrogen-bond donors (Lipinski definition) is 1. The highest BCUT2D eigenvalue weighted by Crippen LogP contribution is 2.30. The van der Waals surface area contributed by atoms with Gasteiger partial charge in [0, 0.05) is 19.0 Å². The summed E-state index contributed by atoms with van der Waals surface area (Å²) in [7, 11) is 0. The first-order valence-corrected chi connectivity index (χ1v) is 6.99. The summed E-state index contributed by atoms with van der Waals surface area (Å²) in [6, 6.07) is 0. The first kappa shape index (κ1) is 13.8. The monoisotopic (exact) mass is 279 g/mol. The molecule has 0 aliphatic heterocycles. The number of nitrogens with one attached hydrogen (secondary N) is 1. The Bertz CT molecular complexity index is 569. The molecule has 0 saturated carbocycles. The molecule has 0 amide bonds. The third-order valence-electron chi connectivity index (χ3n) is 2.45. The van der Waals surface area contributed by atoms with Gasteiger partial charge in [-0.25, -0.2) is 9.97 Å². The Morgan fingerprint density at radius 2 is 1.95 bits per heavy atom. The van der Waals surface area contributed by atoms with Crippen molar-refractivity contribution < 1.29 is 4.42 Å². The van der Waals surface area contributed by atoms with Crippen molar-refractivity contribution in [3.63, 3.8) is 0 Å². The van der Waals surface area contributed by atoms with Crippen LogP contribution in [0, 0.1) is 20.8 Å². The summed E-state index contributed by atoms with van der Waals surface area (Å²) in [6.07, 6.45) is 1.05. The first-order valence-electron chi connectivity index (χ1n) is 6.17. The number of anilines is 1. The molecule has 2 aromatic rings. The summed E-state index contributed by atoms with van der Waals surface area (Å²) in [4.78, 5) is 8.85. The van der Waals surface area contributed by atoms with Crippen molar-refractivity contribution in [3.8, 4) is 0 Å². The Morgan fingerprint density at radius 3 is 2.58 bits per heavy atom. The van der Waals surface area contributed by atoms with E-state index in [4.69, 9.17) is 4.42 Å². The van der Waals surface area contributed by atoms with Crippen molar-refractivity contribution in [2.75, 3.05) is 11.9 Å². The lowest BCUT2D eigenvalue weighted by molar-refractivity contribution is 0.429. The van der Waals surface area contributed by atoms with Gasteiger partial charge in [0.05, 0.1) is 0 Å². The quantitative estimate of drug-likeness (QED) is 0.843. The molecule has 19 heavy (non-hydrogen) atoms. The van der Waals surface area contributed by atoms with Gasteiger partial charge in [-0.15, -0.1) is 10.2 Å². The van der Waals surface area contributed by atoms with Gasteiger partial charge in [-0.2, -0.15) is 0 Å². The van der Waals surface area contributed by atoms with Gasteiger partial charge in [0.2, 0.25) is 5.89 Å². The van der Waals surface area contributed by atoms with Crippen LogP contribution in [0.3, 0.4) is 0 Å². The maximum Gasteiger partial charge on any atom is 0.282 e. The molecule has 2 rings (SSSR count). The van der Waals surface area contributed by atoms with E-state index < -0.39 is 0 Å². The smallest absolute Gasteiger partial charge is 0.282 e. The largest absolute Gasteiger partial charge is 0.416 e. The number of hydrogen-bond acceptors (Lipinski definition) is 7. The van der Waals surface area contributed by atoms with E-state index in [1.54, 1.807) is 6.92 Å². The number of aryl methyl sites for hydroxylation is 2. The summed E-state index contributed by atoms with van der Waals surface area (Å²) < 4.78 is 5.36. The fourth-order valence-corrected chi connectivity index (χ4v) is 2.36. The van der Waals surface area contributed by atoms with E-state index in [0.717, 1.165) is 35.2 Å². The molecule has 0 aliphatic rings. The van der Waals surface area contributed by atoms with Gasteiger partial charge in [0.15, 0.2) is 0 Å². The Morgan fingerprint density at radius 1 is 1.16 bits per heavy atom. The summed E-state index contributed by atoms with van der Waals surface area (Å²) in [6.45, 7) is 8.64. The Hall–Kier alpha value is -1.63. The molecule has 0 atom stereocenters. The molecule has 0 aliphatic carbocycles. The van der Waals surface area contributed by atoms with Crippen molar-refractivity contribution in [2.24, 2.45) is 0 Å². The van der Waals surface area contributed by atoms with Crippen LogP contribution >= 0.6 is 11.8 Å². The molecule has 0 unspecified atom stereocenters. The van der Waals surface area contributed by atoms with Crippen LogP contribution in [0.4, 0.5) is 5.82 Å². The predicted octanol–water partition coefficient (Wildman–Crippen LogP) is 2.76. The highest BCUT2D eigenvalue weighted by molar-refractivity contribution is 7.99. The zero-order valence-electron chi connectivity index (χ0n) is 11.5. The molecule has 2 aromatic heterocycles. The Labute approximate surface area is 116 Å². The minimum atomic E-state index is 0.500. The molecule has 0 aromatic carbocycles. The molecule has 6 nitrogen and oxygen atoms in total. The molecule has 0 radical (unpaired) electrons. The van der Waals surface area contributed by atoms with Crippen molar-refractivity contribution >= 4 is 17.6 Å². The van der Waals surface area contributed by atoms with Crippen LogP contribution in [0.5, 0.6) is 0 Å². The van der Waals surface area contributed by atoms with Gasteiger partial charge in [-0.1, -0.05) is 6.92 Å². The van der Waals surface area contributed by atoms with E-state index in [1.165, 1.54) is 11.8 Å². The van der Waals surface area contributed by atoms with Crippen LogP contribution in [0.1, 0.15) is 30.6 Å². The first-order chi connectivity index (χ1) is 9.10. The summed E-state index contributed by atoms with van der Waals surface area (Å²) in [5.41, 5.74) is 1.000. The molecule has 2 heterocycles. The minimum absolute atomic E-state index is 0.500. The lowest BCUT2D eigenvalue weighted by Crippen LogP contribution is -2.07. The molecule has 7 heteroatoms. The van der Waals surface area contributed by atoms with Crippen molar-refractivity contribution in [3.05, 3.63) is 17.3 Å². The molecule has 0 saturated heterocycles. The summed E-state index contributed by atoms with van der Waals surface area (Å²) in [5.74, 6) is 2.14. The molecular weight excluding hydrogens is 262 g/mol. The van der Waals surface area contributed by atoms with Gasteiger partial charge >= 0.3 is 0 Å². The number of rotatable bonds is 5. The zero-order chi connectivity index (χ0) is 13.8. The zero-order valence-corrected chi connectivity index (χ0v) is 12.3. The standard InChI is InChI=1S/C12H17N5OS/c1-5-6-13-10-7(2)11(15-8(3)14-10)19-12-17-16-9(4)18-12/h5-6H2,1-4H3,(H,13,14,15). The maximum absolute atomic E-state index is 5.36. The van der Waals surface area contributed by atoms with E-state index in [2.05, 4.69) is 32.4 Å². The number of aromatic nitrogens is 4. The average Bonchev–Trinajstić information content (AvgIpc) is 2.77. The Kier molecular flexibility index (Phi) is 4.36. The second-order valence-electron chi connectivity index (χ2n) is 4.17. The van der Waals surface area contributed by atoms with Gasteiger partial charge in [-0.3, -0.25) is 0 Å². The topological polar surface area (TPSA) is 76.7 Å². The predicted molar refractivity (Wildman–Crippen MR) is 73.4 cm³/mol. The van der Waals surface area contributed by atoms with Crippen molar-refractivity contribution in [1.29, 1.82) is 0 Å². The third-order valence-corrected chi connectivity index (χ3v) is 3.38. The molecule has 0 fully saturated rings. The second-order valence-corrected chi connectivity index (χ2v) is 5.11. The fourth-order valence-electron chi connectivity index (χ4n) is 1.52.